The number of thiophene rings is 1. The van der Waals surface area contributed by atoms with Crippen molar-refractivity contribution in [1.82, 2.24) is 20.3 Å². The van der Waals surface area contributed by atoms with Crippen LogP contribution in [0.15, 0.2) is 64.9 Å². The van der Waals surface area contributed by atoms with Gasteiger partial charge in [0, 0.05) is 23.5 Å². The Hall–Kier alpha value is -3.85. The van der Waals surface area contributed by atoms with Crippen molar-refractivity contribution in [3.8, 4) is 11.3 Å². The molecule has 8 nitrogen and oxygen atoms in total. The topological polar surface area (TPSA) is 110 Å². The van der Waals surface area contributed by atoms with Crippen LogP contribution < -0.4 is 10.6 Å². The van der Waals surface area contributed by atoms with E-state index in [1.807, 2.05) is 41.8 Å². The van der Waals surface area contributed by atoms with E-state index in [0.29, 0.717) is 29.4 Å². The van der Waals surface area contributed by atoms with Gasteiger partial charge in [-0.1, -0.05) is 36.4 Å². The van der Waals surface area contributed by atoms with Crippen LogP contribution in [0.4, 0.5) is 5.95 Å². The van der Waals surface area contributed by atoms with E-state index in [-0.39, 0.29) is 23.6 Å². The molecular weight excluding hydrogens is 426 g/mol. The first-order chi connectivity index (χ1) is 15.7. The van der Waals surface area contributed by atoms with Crippen LogP contribution in [0.2, 0.25) is 0 Å². The van der Waals surface area contributed by atoms with Crippen molar-refractivity contribution in [3.63, 3.8) is 0 Å². The van der Waals surface area contributed by atoms with Gasteiger partial charge in [-0.2, -0.15) is 0 Å². The Morgan fingerprint density at radius 2 is 1.94 bits per heavy atom. The van der Waals surface area contributed by atoms with Gasteiger partial charge in [0.05, 0.1) is 4.88 Å². The Balaban J connectivity index is 1.25. The van der Waals surface area contributed by atoms with Crippen LogP contribution in [0.3, 0.4) is 0 Å². The molecular formula is C23H19N5O3S. The minimum atomic E-state index is -0.271. The molecule has 1 atom stereocenters. The molecule has 0 saturated heterocycles. The highest BCUT2D eigenvalue weighted by Gasteiger charge is 2.25. The van der Waals surface area contributed by atoms with Crippen molar-refractivity contribution < 1.29 is 14.0 Å². The molecule has 0 fully saturated rings. The number of carbonyl (C=O) groups is 2. The highest BCUT2D eigenvalue weighted by molar-refractivity contribution is 7.12. The Morgan fingerprint density at radius 3 is 2.75 bits per heavy atom. The lowest BCUT2D eigenvalue weighted by Gasteiger charge is -2.24. The van der Waals surface area contributed by atoms with E-state index < -0.39 is 0 Å². The smallest absolute Gasteiger partial charge is 0.274 e. The highest BCUT2D eigenvalue weighted by atomic mass is 32.1. The van der Waals surface area contributed by atoms with E-state index in [4.69, 9.17) is 4.42 Å². The van der Waals surface area contributed by atoms with Crippen molar-refractivity contribution in [2.24, 2.45) is 0 Å². The number of oxazole rings is 1. The maximum atomic E-state index is 12.9. The van der Waals surface area contributed by atoms with E-state index in [1.165, 1.54) is 17.7 Å². The summed E-state index contributed by atoms with van der Waals surface area (Å²) in [6.45, 7) is 0. The summed E-state index contributed by atoms with van der Waals surface area (Å²) in [5.41, 5.74) is 2.91. The summed E-state index contributed by atoms with van der Waals surface area (Å²) in [5, 5.41) is 7.64. The molecule has 1 aromatic carbocycles. The second-order valence-electron chi connectivity index (χ2n) is 7.41. The van der Waals surface area contributed by atoms with Crippen LogP contribution >= 0.6 is 11.3 Å². The summed E-state index contributed by atoms with van der Waals surface area (Å²) >= 11 is 1.36. The van der Waals surface area contributed by atoms with Crippen molar-refractivity contribution >= 4 is 29.1 Å². The van der Waals surface area contributed by atoms with Gasteiger partial charge < -0.3 is 9.73 Å². The number of anilines is 1. The van der Waals surface area contributed by atoms with Gasteiger partial charge in [0.25, 0.3) is 11.8 Å². The average molecular weight is 446 g/mol. The van der Waals surface area contributed by atoms with Crippen LogP contribution in [-0.4, -0.2) is 32.8 Å². The van der Waals surface area contributed by atoms with Gasteiger partial charge in [-0.25, -0.2) is 15.0 Å². The molecule has 4 aromatic rings. The molecule has 9 heteroatoms. The first-order valence-electron chi connectivity index (χ1n) is 10.2. The van der Waals surface area contributed by atoms with Crippen molar-refractivity contribution in [3.05, 3.63) is 82.3 Å². The SMILES string of the molecule is O=C(Nc1ncc2c(n1)CCC(NC(=O)c1ncoc1-c1ccccc1)C2)c1cccs1. The number of nitrogens with one attached hydrogen (secondary N) is 2. The minimum Gasteiger partial charge on any atom is -0.443 e. The molecule has 5 rings (SSSR count). The van der Waals surface area contributed by atoms with Gasteiger partial charge in [-0.05, 0) is 36.3 Å². The fraction of sp³-hybridized carbons (Fsp3) is 0.174. The lowest BCUT2D eigenvalue weighted by Crippen LogP contribution is -2.39. The van der Waals surface area contributed by atoms with Gasteiger partial charge in [-0.3, -0.25) is 14.9 Å². The number of hydrogen-bond donors (Lipinski definition) is 2. The quantitative estimate of drug-likeness (QED) is 0.484. The number of aryl methyl sites for hydroxylation is 1. The normalized spacial score (nSPS) is 15.1. The van der Waals surface area contributed by atoms with E-state index in [9.17, 15) is 9.59 Å². The third-order valence-electron chi connectivity index (χ3n) is 5.27. The molecule has 3 aromatic heterocycles. The monoisotopic (exact) mass is 445 g/mol. The fourth-order valence-corrected chi connectivity index (χ4v) is 4.34. The zero-order chi connectivity index (χ0) is 21.9. The van der Waals surface area contributed by atoms with E-state index >= 15 is 0 Å². The first kappa shape index (κ1) is 20.1. The summed E-state index contributed by atoms with van der Waals surface area (Å²) in [4.78, 5) is 38.6. The summed E-state index contributed by atoms with van der Waals surface area (Å²) in [6.07, 6.45) is 5.02. The maximum absolute atomic E-state index is 12.9. The number of carbonyl (C=O) groups excluding carboxylic acids is 2. The van der Waals surface area contributed by atoms with Crippen LogP contribution in [0.5, 0.6) is 0 Å². The fourth-order valence-electron chi connectivity index (χ4n) is 3.72. The molecule has 1 aliphatic rings. The molecule has 160 valence electrons. The third kappa shape index (κ3) is 4.15. The van der Waals surface area contributed by atoms with E-state index in [1.54, 1.807) is 12.3 Å². The lowest BCUT2D eigenvalue weighted by atomic mass is 9.92. The molecule has 0 radical (unpaired) electrons. The molecule has 32 heavy (non-hydrogen) atoms. The van der Waals surface area contributed by atoms with E-state index in [0.717, 1.165) is 23.2 Å². The predicted molar refractivity (Wildman–Crippen MR) is 120 cm³/mol. The Kier molecular flexibility index (Phi) is 5.47. The largest absolute Gasteiger partial charge is 0.443 e. The predicted octanol–water partition coefficient (Wildman–Crippen LogP) is 3.73. The molecule has 2 amide bonds. The zero-order valence-electron chi connectivity index (χ0n) is 16.9. The Bertz CT molecular complexity index is 1250. The average Bonchev–Trinajstić information content (AvgIpc) is 3.52. The van der Waals surface area contributed by atoms with Gasteiger partial charge in [-0.15, -0.1) is 11.3 Å². The van der Waals surface area contributed by atoms with E-state index in [2.05, 4.69) is 25.6 Å². The van der Waals surface area contributed by atoms with Crippen LogP contribution in [-0.2, 0) is 12.8 Å². The maximum Gasteiger partial charge on any atom is 0.274 e. The molecule has 0 bridgehead atoms. The second-order valence-corrected chi connectivity index (χ2v) is 8.35. The van der Waals surface area contributed by atoms with Crippen LogP contribution in [0.25, 0.3) is 11.3 Å². The van der Waals surface area contributed by atoms with Crippen molar-refractivity contribution in [2.75, 3.05) is 5.32 Å². The molecule has 0 aliphatic heterocycles. The summed E-state index contributed by atoms with van der Waals surface area (Å²) in [7, 11) is 0. The Labute approximate surface area is 187 Å². The van der Waals surface area contributed by atoms with Crippen LogP contribution in [0, 0.1) is 0 Å². The van der Waals surface area contributed by atoms with Crippen LogP contribution in [0.1, 0.15) is 37.8 Å². The first-order valence-corrected chi connectivity index (χ1v) is 11.0. The summed E-state index contributed by atoms with van der Waals surface area (Å²) in [5.74, 6) is 0.253. The number of benzene rings is 1. The van der Waals surface area contributed by atoms with Gasteiger partial charge in [0.2, 0.25) is 5.95 Å². The molecule has 0 saturated carbocycles. The molecule has 1 unspecified atom stereocenters. The molecule has 0 spiro atoms. The summed E-state index contributed by atoms with van der Waals surface area (Å²) in [6, 6.07) is 12.9. The Morgan fingerprint density at radius 1 is 1.06 bits per heavy atom. The lowest BCUT2D eigenvalue weighted by molar-refractivity contribution is 0.0928. The molecule has 2 N–H and O–H groups in total. The van der Waals surface area contributed by atoms with Gasteiger partial charge in [0.15, 0.2) is 17.8 Å². The number of nitrogens with zero attached hydrogens (tertiary/aromatic N) is 3. The third-order valence-corrected chi connectivity index (χ3v) is 6.14. The number of fused-ring (bicyclic) bond motifs is 1. The van der Waals surface area contributed by atoms with Gasteiger partial charge >= 0.3 is 0 Å². The molecule has 3 heterocycles. The molecule has 1 aliphatic carbocycles. The van der Waals surface area contributed by atoms with Crippen molar-refractivity contribution in [1.29, 1.82) is 0 Å². The standard InChI is InChI=1S/C23H19N5O3S/c29-21(18-7-4-10-32-18)28-23-24-12-15-11-16(8-9-17(15)27-23)26-22(30)19-20(31-13-25-19)14-5-2-1-3-6-14/h1-7,10,12-13,16H,8-9,11H2,(H,26,30)(H,24,27,28,29). The summed E-state index contributed by atoms with van der Waals surface area (Å²) < 4.78 is 5.46. The highest BCUT2D eigenvalue weighted by Crippen LogP contribution is 2.24. The van der Waals surface area contributed by atoms with Crippen molar-refractivity contribution in [2.45, 2.75) is 25.3 Å². The zero-order valence-corrected chi connectivity index (χ0v) is 17.8. The number of amides is 2. The van der Waals surface area contributed by atoms with Gasteiger partial charge in [0.1, 0.15) is 0 Å². The minimum absolute atomic E-state index is 0.0644. The number of hydrogen-bond acceptors (Lipinski definition) is 7. The number of aromatic nitrogens is 3. The second kappa shape index (κ2) is 8.72. The number of rotatable bonds is 5.